The van der Waals surface area contributed by atoms with E-state index in [9.17, 15) is 9.36 Å². The summed E-state index contributed by atoms with van der Waals surface area (Å²) in [6.45, 7) is 6.03. The van der Waals surface area contributed by atoms with Crippen molar-refractivity contribution in [2.45, 2.75) is 46.0 Å². The zero-order valence-corrected chi connectivity index (χ0v) is 13.9. The van der Waals surface area contributed by atoms with Gasteiger partial charge in [0.2, 0.25) is 7.37 Å². The molecule has 6 heteroatoms. The van der Waals surface area contributed by atoms with Crippen molar-refractivity contribution >= 4 is 13.3 Å². The summed E-state index contributed by atoms with van der Waals surface area (Å²) in [5.74, 6) is 0.0904. The molecule has 0 aromatic rings. The maximum atomic E-state index is 11.9. The molecule has 0 heterocycles. The molecular formula is C14H29O5P. The van der Waals surface area contributed by atoms with Gasteiger partial charge in [-0.1, -0.05) is 33.1 Å². The third-order valence-electron chi connectivity index (χ3n) is 3.20. The number of esters is 1. The molecule has 0 aromatic heterocycles. The zero-order valence-electron chi connectivity index (χ0n) is 13.0. The SMILES string of the molecule is CCCCC(CC)COC(=O)CCP(C)(=O)OCCO. The topological polar surface area (TPSA) is 72.8 Å². The van der Waals surface area contributed by atoms with Crippen molar-refractivity contribution in [1.29, 1.82) is 0 Å². The van der Waals surface area contributed by atoms with E-state index < -0.39 is 7.37 Å². The first kappa shape index (κ1) is 19.6. The van der Waals surface area contributed by atoms with E-state index in [1.54, 1.807) is 0 Å². The number of carbonyl (C=O) groups excluding carboxylic acids is 1. The molecule has 0 saturated heterocycles. The Kier molecular flexibility index (Phi) is 11.1. The largest absolute Gasteiger partial charge is 0.465 e. The van der Waals surface area contributed by atoms with Gasteiger partial charge in [-0.25, -0.2) is 0 Å². The average molecular weight is 308 g/mol. The van der Waals surface area contributed by atoms with Gasteiger partial charge in [0.25, 0.3) is 0 Å². The van der Waals surface area contributed by atoms with Crippen LogP contribution < -0.4 is 0 Å². The summed E-state index contributed by atoms with van der Waals surface area (Å²) in [6.07, 6.45) is 4.63. The lowest BCUT2D eigenvalue weighted by atomic mass is 10.0. The van der Waals surface area contributed by atoms with E-state index in [0.717, 1.165) is 25.7 Å². The molecule has 1 N–H and O–H groups in total. The van der Waals surface area contributed by atoms with Gasteiger partial charge in [0.1, 0.15) is 0 Å². The summed E-state index contributed by atoms with van der Waals surface area (Å²) in [5.41, 5.74) is 0. The van der Waals surface area contributed by atoms with Crippen LogP contribution in [0.3, 0.4) is 0 Å². The molecule has 0 saturated carbocycles. The molecule has 120 valence electrons. The minimum atomic E-state index is -2.80. The zero-order chi connectivity index (χ0) is 15.4. The highest BCUT2D eigenvalue weighted by atomic mass is 31.2. The highest BCUT2D eigenvalue weighted by Crippen LogP contribution is 2.42. The molecule has 0 fully saturated rings. The second kappa shape index (κ2) is 11.3. The number of hydrogen-bond donors (Lipinski definition) is 1. The van der Waals surface area contributed by atoms with Crippen molar-refractivity contribution in [3.05, 3.63) is 0 Å². The van der Waals surface area contributed by atoms with Crippen molar-refractivity contribution < 1.29 is 23.7 Å². The number of aliphatic hydroxyl groups excluding tert-OH is 1. The van der Waals surface area contributed by atoms with Crippen LogP contribution >= 0.6 is 7.37 Å². The lowest BCUT2D eigenvalue weighted by Crippen LogP contribution is -2.15. The third kappa shape index (κ3) is 10.4. The number of hydrogen-bond acceptors (Lipinski definition) is 5. The first-order valence-electron chi connectivity index (χ1n) is 7.42. The highest BCUT2D eigenvalue weighted by molar-refractivity contribution is 7.58. The van der Waals surface area contributed by atoms with Crippen molar-refractivity contribution in [2.75, 3.05) is 32.6 Å². The van der Waals surface area contributed by atoms with Gasteiger partial charge in [0.15, 0.2) is 0 Å². The molecule has 0 aliphatic carbocycles. The molecule has 0 amide bonds. The van der Waals surface area contributed by atoms with E-state index in [1.807, 2.05) is 0 Å². The Labute approximate surface area is 122 Å². The first-order chi connectivity index (χ1) is 9.45. The van der Waals surface area contributed by atoms with Crippen LogP contribution in [0.15, 0.2) is 0 Å². The van der Waals surface area contributed by atoms with E-state index in [1.165, 1.54) is 6.66 Å². The molecule has 2 atom stereocenters. The van der Waals surface area contributed by atoms with E-state index in [4.69, 9.17) is 14.4 Å². The third-order valence-corrected chi connectivity index (χ3v) is 4.97. The molecule has 0 spiro atoms. The summed E-state index contributed by atoms with van der Waals surface area (Å²) < 4.78 is 22.1. The lowest BCUT2D eigenvalue weighted by molar-refractivity contribution is -0.144. The van der Waals surface area contributed by atoms with E-state index in [2.05, 4.69) is 13.8 Å². The Morgan fingerprint density at radius 1 is 1.35 bits per heavy atom. The molecule has 5 nitrogen and oxygen atoms in total. The van der Waals surface area contributed by atoms with Gasteiger partial charge >= 0.3 is 5.97 Å². The van der Waals surface area contributed by atoms with Crippen molar-refractivity contribution in [3.8, 4) is 0 Å². The second-order valence-corrected chi connectivity index (χ2v) is 7.88. The average Bonchev–Trinajstić information content (AvgIpc) is 2.43. The molecule has 0 rings (SSSR count). The Balaban J connectivity index is 3.90. The lowest BCUT2D eigenvalue weighted by Gasteiger charge is -2.16. The maximum Gasteiger partial charge on any atom is 0.306 e. The van der Waals surface area contributed by atoms with Crippen LogP contribution in [0.2, 0.25) is 0 Å². The van der Waals surface area contributed by atoms with Gasteiger partial charge in [-0.05, 0) is 12.3 Å². The Morgan fingerprint density at radius 2 is 2.05 bits per heavy atom. The summed E-state index contributed by atoms with van der Waals surface area (Å²) in [7, 11) is -2.80. The Bertz CT molecular complexity index is 306. The van der Waals surface area contributed by atoms with Gasteiger partial charge in [-0.3, -0.25) is 9.36 Å². The predicted octanol–water partition coefficient (Wildman–Crippen LogP) is 3.05. The van der Waals surface area contributed by atoms with Gasteiger partial charge in [0.05, 0.1) is 26.2 Å². The van der Waals surface area contributed by atoms with Gasteiger partial charge < -0.3 is 14.4 Å². The standard InChI is InChI=1S/C14H29O5P/c1-4-6-7-13(5-2)12-18-14(16)8-11-20(3,17)19-10-9-15/h13,15H,4-12H2,1-3H3. The molecule has 0 radical (unpaired) electrons. The smallest absolute Gasteiger partial charge is 0.306 e. The molecule has 2 unspecified atom stereocenters. The minimum absolute atomic E-state index is 0.0394. The van der Waals surface area contributed by atoms with Crippen LogP contribution in [0, 0.1) is 5.92 Å². The quantitative estimate of drug-likeness (QED) is 0.443. The molecular weight excluding hydrogens is 279 g/mol. The number of rotatable bonds is 12. The van der Waals surface area contributed by atoms with Gasteiger partial charge in [0, 0.05) is 12.8 Å². The Morgan fingerprint density at radius 3 is 2.60 bits per heavy atom. The molecule has 0 aliphatic rings. The van der Waals surface area contributed by atoms with E-state index >= 15 is 0 Å². The summed E-state index contributed by atoms with van der Waals surface area (Å²) in [6, 6.07) is 0. The maximum absolute atomic E-state index is 11.9. The van der Waals surface area contributed by atoms with E-state index in [0.29, 0.717) is 12.5 Å². The molecule has 20 heavy (non-hydrogen) atoms. The summed E-state index contributed by atoms with van der Waals surface area (Å²) >= 11 is 0. The van der Waals surface area contributed by atoms with Gasteiger partial charge in [-0.2, -0.15) is 0 Å². The van der Waals surface area contributed by atoms with Crippen LogP contribution in [0.1, 0.15) is 46.0 Å². The van der Waals surface area contributed by atoms with Crippen molar-refractivity contribution in [3.63, 3.8) is 0 Å². The van der Waals surface area contributed by atoms with Crippen LogP contribution in [0.4, 0.5) is 0 Å². The second-order valence-electron chi connectivity index (χ2n) is 5.14. The first-order valence-corrected chi connectivity index (χ1v) is 9.68. The fraction of sp³-hybridized carbons (Fsp3) is 0.929. The number of carbonyl (C=O) groups is 1. The van der Waals surface area contributed by atoms with Crippen LogP contribution in [-0.4, -0.2) is 43.7 Å². The normalized spacial score (nSPS) is 15.6. The fourth-order valence-corrected chi connectivity index (χ4v) is 2.96. The number of unbranched alkanes of at least 4 members (excludes halogenated alkanes) is 1. The van der Waals surface area contributed by atoms with E-state index in [-0.39, 0.29) is 31.8 Å². The van der Waals surface area contributed by atoms with Crippen molar-refractivity contribution in [2.24, 2.45) is 5.92 Å². The number of aliphatic hydroxyl groups is 1. The molecule has 0 aromatic carbocycles. The molecule has 0 aliphatic heterocycles. The fourth-order valence-electron chi connectivity index (χ4n) is 1.77. The minimum Gasteiger partial charge on any atom is -0.465 e. The summed E-state index contributed by atoms with van der Waals surface area (Å²) in [5, 5.41) is 8.61. The van der Waals surface area contributed by atoms with Gasteiger partial charge in [-0.15, -0.1) is 0 Å². The van der Waals surface area contributed by atoms with Crippen LogP contribution in [0.25, 0.3) is 0 Å². The number of ether oxygens (including phenoxy) is 1. The predicted molar refractivity (Wildman–Crippen MR) is 80.3 cm³/mol. The Hall–Kier alpha value is -0.380. The summed E-state index contributed by atoms with van der Waals surface area (Å²) in [4.78, 5) is 11.6. The molecule has 0 bridgehead atoms. The van der Waals surface area contributed by atoms with Crippen LogP contribution in [0.5, 0.6) is 0 Å². The highest BCUT2D eigenvalue weighted by Gasteiger charge is 2.19. The van der Waals surface area contributed by atoms with Crippen molar-refractivity contribution in [1.82, 2.24) is 0 Å². The van der Waals surface area contributed by atoms with Crippen LogP contribution in [-0.2, 0) is 18.6 Å². The monoisotopic (exact) mass is 308 g/mol.